The summed E-state index contributed by atoms with van der Waals surface area (Å²) in [5.74, 6) is 0. The van der Waals surface area contributed by atoms with Crippen molar-refractivity contribution < 1.29 is 0 Å². The third kappa shape index (κ3) is 4.77. The molecule has 188 valence electrons. The van der Waals surface area contributed by atoms with E-state index in [-0.39, 0.29) is 0 Å². The first-order valence-electron chi connectivity index (χ1n) is 13.4. The van der Waals surface area contributed by atoms with Gasteiger partial charge in [0.2, 0.25) is 0 Å². The van der Waals surface area contributed by atoms with Crippen LogP contribution in [0.3, 0.4) is 0 Å². The minimum atomic E-state index is 0.744. The first kappa shape index (κ1) is 23.7. The van der Waals surface area contributed by atoms with Crippen LogP contribution in [0, 0.1) is 0 Å². The van der Waals surface area contributed by atoms with E-state index < -0.39 is 0 Å². The molecule has 3 heterocycles. The maximum absolute atomic E-state index is 5.13. The fraction of sp³-hybridized carbons (Fsp3) is 0. The summed E-state index contributed by atoms with van der Waals surface area (Å²) in [6.45, 7) is 0. The molecule has 0 aliphatic heterocycles. The molecule has 0 aliphatic rings. The van der Waals surface area contributed by atoms with Crippen LogP contribution in [0.4, 0.5) is 0 Å². The quantitative estimate of drug-likeness (QED) is 0.231. The van der Waals surface area contributed by atoms with Gasteiger partial charge in [-0.05, 0) is 58.1 Å². The summed E-state index contributed by atoms with van der Waals surface area (Å²) in [5, 5.41) is 1.01. The lowest BCUT2D eigenvalue weighted by molar-refractivity contribution is 1.28. The molecular weight excluding hydrogens is 486 g/mol. The van der Waals surface area contributed by atoms with Crippen LogP contribution in [0.2, 0.25) is 0 Å². The summed E-state index contributed by atoms with van der Waals surface area (Å²) in [7, 11) is 0. The first-order valence-corrected chi connectivity index (χ1v) is 13.4. The molecule has 0 spiro atoms. The minimum Gasteiger partial charge on any atom is -0.248 e. The van der Waals surface area contributed by atoms with Crippen LogP contribution in [0.5, 0.6) is 0 Å². The SMILES string of the molecule is c1ccc(-c2ccc(-c3cc(-c4cnc5ncccc5c4)cc(-c4ccc(-c5ccccc5)cc4)n3)cc2)cc1. The van der Waals surface area contributed by atoms with Gasteiger partial charge in [-0.2, -0.15) is 0 Å². The molecule has 0 unspecified atom stereocenters. The maximum Gasteiger partial charge on any atom is 0.159 e. The van der Waals surface area contributed by atoms with Crippen LogP contribution in [0.25, 0.3) is 66.9 Å². The number of fused-ring (bicyclic) bond motifs is 1. The number of hydrogen-bond donors (Lipinski definition) is 0. The number of benzene rings is 4. The molecule has 4 aromatic carbocycles. The van der Waals surface area contributed by atoms with Crippen LogP contribution >= 0.6 is 0 Å². The van der Waals surface area contributed by atoms with Crippen LogP contribution in [-0.2, 0) is 0 Å². The predicted octanol–water partition coefficient (Wildman–Crippen LogP) is 9.36. The monoisotopic (exact) mass is 511 g/mol. The number of aromatic nitrogens is 3. The van der Waals surface area contributed by atoms with Gasteiger partial charge in [0.1, 0.15) is 0 Å². The van der Waals surface area contributed by atoms with Gasteiger partial charge in [-0.15, -0.1) is 0 Å². The molecule has 7 aromatic rings. The molecule has 0 radical (unpaired) electrons. The number of nitrogens with zero attached hydrogens (tertiary/aromatic N) is 3. The van der Waals surface area contributed by atoms with E-state index in [1.165, 1.54) is 22.3 Å². The Kier molecular flexibility index (Phi) is 6.15. The third-order valence-electron chi connectivity index (χ3n) is 7.19. The lowest BCUT2D eigenvalue weighted by Crippen LogP contribution is -1.92. The predicted molar refractivity (Wildman–Crippen MR) is 165 cm³/mol. The van der Waals surface area contributed by atoms with Gasteiger partial charge in [0.25, 0.3) is 0 Å². The molecule has 0 amide bonds. The zero-order valence-corrected chi connectivity index (χ0v) is 21.8. The lowest BCUT2D eigenvalue weighted by atomic mass is 9.98. The van der Waals surface area contributed by atoms with Gasteiger partial charge in [-0.1, -0.05) is 109 Å². The molecule has 0 fully saturated rings. The summed E-state index contributed by atoms with van der Waals surface area (Å²) in [4.78, 5) is 14.1. The van der Waals surface area contributed by atoms with E-state index in [9.17, 15) is 0 Å². The summed E-state index contributed by atoms with van der Waals surface area (Å²) < 4.78 is 0. The minimum absolute atomic E-state index is 0.744. The van der Waals surface area contributed by atoms with Crippen LogP contribution in [-0.4, -0.2) is 15.0 Å². The Morgan fingerprint density at radius 3 is 1.40 bits per heavy atom. The average molecular weight is 512 g/mol. The van der Waals surface area contributed by atoms with Gasteiger partial charge in [-0.3, -0.25) is 0 Å². The smallest absolute Gasteiger partial charge is 0.159 e. The van der Waals surface area contributed by atoms with Crippen molar-refractivity contribution in [3.05, 3.63) is 152 Å². The molecule has 3 nitrogen and oxygen atoms in total. The maximum atomic E-state index is 5.13. The Hall–Kier alpha value is -5.41. The van der Waals surface area contributed by atoms with Gasteiger partial charge >= 0.3 is 0 Å². The number of pyridine rings is 3. The molecular formula is C37H25N3. The van der Waals surface area contributed by atoms with Crippen molar-refractivity contribution in [1.82, 2.24) is 15.0 Å². The van der Waals surface area contributed by atoms with Crippen LogP contribution in [0.1, 0.15) is 0 Å². The molecule has 0 saturated carbocycles. The number of rotatable bonds is 5. The van der Waals surface area contributed by atoms with E-state index in [2.05, 4.69) is 125 Å². The number of hydrogen-bond acceptors (Lipinski definition) is 3. The standard InChI is InChI=1S/C37H25N3/c1-3-8-26(9-4-1)28-13-17-30(18-14-28)35-23-33(34-22-32-12-7-21-38-37(32)39-25-34)24-36(40-35)31-19-15-29(16-20-31)27-10-5-2-6-11-27/h1-25H. The Balaban J connectivity index is 1.33. The Bertz CT molecular complexity index is 1810. The average Bonchev–Trinajstić information content (AvgIpc) is 3.05. The third-order valence-corrected chi connectivity index (χ3v) is 7.19. The molecule has 0 bridgehead atoms. The highest BCUT2D eigenvalue weighted by Crippen LogP contribution is 2.33. The second-order valence-corrected chi connectivity index (χ2v) is 9.79. The summed E-state index contributed by atoms with van der Waals surface area (Å²) >= 11 is 0. The highest BCUT2D eigenvalue weighted by molar-refractivity contribution is 5.84. The highest BCUT2D eigenvalue weighted by Gasteiger charge is 2.11. The Morgan fingerprint density at radius 2 is 0.850 bits per heavy atom. The molecule has 0 saturated heterocycles. The van der Waals surface area contributed by atoms with Crippen LogP contribution in [0.15, 0.2) is 152 Å². The van der Waals surface area contributed by atoms with E-state index in [0.29, 0.717) is 0 Å². The Morgan fingerprint density at radius 1 is 0.350 bits per heavy atom. The highest BCUT2D eigenvalue weighted by atomic mass is 14.8. The van der Waals surface area contributed by atoms with E-state index in [1.54, 1.807) is 6.20 Å². The van der Waals surface area contributed by atoms with E-state index in [0.717, 1.165) is 44.7 Å². The van der Waals surface area contributed by atoms with Crippen molar-refractivity contribution in [2.24, 2.45) is 0 Å². The topological polar surface area (TPSA) is 38.7 Å². The molecule has 40 heavy (non-hydrogen) atoms. The van der Waals surface area contributed by atoms with E-state index in [1.807, 2.05) is 30.5 Å². The van der Waals surface area contributed by atoms with Crippen molar-refractivity contribution >= 4 is 11.0 Å². The zero-order chi connectivity index (χ0) is 26.7. The molecule has 3 heteroatoms. The first-order chi connectivity index (χ1) is 19.8. The van der Waals surface area contributed by atoms with Gasteiger partial charge in [0.05, 0.1) is 11.4 Å². The fourth-order valence-electron chi connectivity index (χ4n) is 5.04. The second-order valence-electron chi connectivity index (χ2n) is 9.79. The lowest BCUT2D eigenvalue weighted by Gasteiger charge is -2.12. The Labute approximate surface area is 233 Å². The molecule has 0 N–H and O–H groups in total. The van der Waals surface area contributed by atoms with Crippen molar-refractivity contribution in [2.75, 3.05) is 0 Å². The zero-order valence-electron chi connectivity index (χ0n) is 21.8. The van der Waals surface area contributed by atoms with Crippen molar-refractivity contribution in [3.8, 4) is 55.9 Å². The molecule has 0 aliphatic carbocycles. The van der Waals surface area contributed by atoms with E-state index in [4.69, 9.17) is 4.98 Å². The normalized spacial score (nSPS) is 11.0. The summed E-state index contributed by atoms with van der Waals surface area (Å²) in [6, 6.07) is 48.6. The van der Waals surface area contributed by atoms with Gasteiger partial charge in [-0.25, -0.2) is 15.0 Å². The van der Waals surface area contributed by atoms with Gasteiger partial charge in [0.15, 0.2) is 5.65 Å². The summed E-state index contributed by atoms with van der Waals surface area (Å²) in [6.07, 6.45) is 3.67. The molecule has 0 atom stereocenters. The molecule has 3 aromatic heterocycles. The fourth-order valence-corrected chi connectivity index (χ4v) is 5.04. The summed E-state index contributed by atoms with van der Waals surface area (Å²) in [5.41, 5.74) is 11.6. The van der Waals surface area contributed by atoms with Crippen molar-refractivity contribution in [2.45, 2.75) is 0 Å². The molecule has 7 rings (SSSR count). The largest absolute Gasteiger partial charge is 0.248 e. The van der Waals surface area contributed by atoms with Crippen molar-refractivity contribution in [1.29, 1.82) is 0 Å². The van der Waals surface area contributed by atoms with E-state index >= 15 is 0 Å². The van der Waals surface area contributed by atoms with Gasteiger partial charge < -0.3 is 0 Å². The van der Waals surface area contributed by atoms with Gasteiger partial charge in [0, 0.05) is 34.5 Å². The van der Waals surface area contributed by atoms with Crippen LogP contribution < -0.4 is 0 Å². The van der Waals surface area contributed by atoms with Crippen molar-refractivity contribution in [3.63, 3.8) is 0 Å². The second kappa shape index (κ2) is 10.4.